The largest absolute Gasteiger partial charge is 0.481 e. The summed E-state index contributed by atoms with van der Waals surface area (Å²) in [6.45, 7) is 3.45. The molecular weight excluding hydrogens is 289 g/mol. The second-order valence-corrected chi connectivity index (χ2v) is 5.09. The van der Waals surface area contributed by atoms with Crippen molar-refractivity contribution in [3.63, 3.8) is 0 Å². The number of halogens is 2. The topological polar surface area (TPSA) is 63.3 Å². The van der Waals surface area contributed by atoms with Crippen LogP contribution in [0.15, 0.2) is 16.6 Å². The Hall–Kier alpha value is -1.10. The summed E-state index contributed by atoms with van der Waals surface area (Å²) in [5.41, 5.74) is 5.27. The highest BCUT2D eigenvalue weighted by Crippen LogP contribution is 2.37. The third-order valence-electron chi connectivity index (χ3n) is 2.91. The van der Waals surface area contributed by atoms with Crippen molar-refractivity contribution in [3.05, 3.63) is 28.0 Å². The van der Waals surface area contributed by atoms with Gasteiger partial charge >= 0.3 is 5.97 Å². The van der Waals surface area contributed by atoms with E-state index in [1.165, 1.54) is 12.1 Å². The predicted octanol–water partition coefficient (Wildman–Crippen LogP) is 3.31. The zero-order valence-electron chi connectivity index (χ0n) is 9.76. The first-order chi connectivity index (χ1) is 7.82. The molecule has 3 nitrogen and oxygen atoms in total. The van der Waals surface area contributed by atoms with Gasteiger partial charge in [-0.1, -0.05) is 13.3 Å². The molecule has 1 aromatic carbocycles. The fourth-order valence-corrected chi connectivity index (χ4v) is 2.33. The highest BCUT2D eigenvalue weighted by atomic mass is 79.9. The first-order valence-electron chi connectivity index (χ1n) is 5.31. The summed E-state index contributed by atoms with van der Waals surface area (Å²) in [5, 5.41) is 9.33. The number of carbonyl (C=O) groups is 1. The number of hydrogen-bond donors (Lipinski definition) is 2. The van der Waals surface area contributed by atoms with E-state index >= 15 is 0 Å². The summed E-state index contributed by atoms with van der Waals surface area (Å²) < 4.78 is 13.7. The number of benzene rings is 1. The van der Waals surface area contributed by atoms with E-state index in [1.807, 2.05) is 6.92 Å². The number of anilines is 1. The van der Waals surface area contributed by atoms with E-state index in [0.717, 1.165) is 0 Å². The molecule has 0 saturated carbocycles. The average Bonchev–Trinajstić information content (AvgIpc) is 2.23. The minimum absolute atomic E-state index is 0.282. The first-order valence-corrected chi connectivity index (χ1v) is 6.10. The number of rotatable bonds is 4. The standard InChI is InChI=1S/C12H15BrFNO2/c1-3-4-12(2,11(16)17)8-5-7(14)6-9(13)10(8)15/h5-6H,3-4,15H2,1-2H3,(H,16,17). The average molecular weight is 304 g/mol. The Kier molecular flexibility index (Phi) is 4.14. The Balaban J connectivity index is 3.43. The van der Waals surface area contributed by atoms with Crippen LogP contribution in [0.2, 0.25) is 0 Å². The van der Waals surface area contributed by atoms with Crippen LogP contribution in [-0.2, 0) is 10.2 Å². The molecule has 0 heterocycles. The van der Waals surface area contributed by atoms with Crippen LogP contribution >= 0.6 is 15.9 Å². The van der Waals surface area contributed by atoms with Gasteiger partial charge in [0.25, 0.3) is 0 Å². The molecule has 1 unspecified atom stereocenters. The Morgan fingerprint density at radius 2 is 2.18 bits per heavy atom. The first kappa shape index (κ1) is 14.0. The predicted molar refractivity (Wildman–Crippen MR) is 68.4 cm³/mol. The van der Waals surface area contributed by atoms with Crippen LogP contribution in [0.5, 0.6) is 0 Å². The minimum Gasteiger partial charge on any atom is -0.481 e. The van der Waals surface area contributed by atoms with Gasteiger partial charge in [-0.3, -0.25) is 4.79 Å². The third-order valence-corrected chi connectivity index (χ3v) is 3.57. The van der Waals surface area contributed by atoms with Crippen molar-refractivity contribution < 1.29 is 14.3 Å². The van der Waals surface area contributed by atoms with Crippen LogP contribution < -0.4 is 5.73 Å². The molecule has 0 spiro atoms. The molecule has 0 aliphatic rings. The molecule has 0 fully saturated rings. The molecule has 0 aliphatic heterocycles. The highest BCUT2D eigenvalue weighted by Gasteiger charge is 2.36. The maximum atomic E-state index is 13.4. The van der Waals surface area contributed by atoms with E-state index in [1.54, 1.807) is 6.92 Å². The van der Waals surface area contributed by atoms with Crippen LogP contribution in [0.1, 0.15) is 32.3 Å². The lowest BCUT2D eigenvalue weighted by atomic mass is 9.78. The summed E-state index contributed by atoms with van der Waals surface area (Å²) >= 11 is 3.13. The van der Waals surface area contributed by atoms with E-state index in [9.17, 15) is 14.3 Å². The van der Waals surface area contributed by atoms with Crippen molar-refractivity contribution in [2.75, 3.05) is 5.73 Å². The quantitative estimate of drug-likeness (QED) is 0.839. The lowest BCUT2D eigenvalue weighted by molar-refractivity contribution is -0.143. The summed E-state index contributed by atoms with van der Waals surface area (Å²) in [6, 6.07) is 2.43. The van der Waals surface area contributed by atoms with Gasteiger partial charge in [-0.25, -0.2) is 4.39 Å². The monoisotopic (exact) mass is 303 g/mol. The van der Waals surface area contributed by atoms with Gasteiger partial charge in [0.1, 0.15) is 5.82 Å². The molecular formula is C12H15BrFNO2. The number of nitrogen functional groups attached to an aromatic ring is 1. The van der Waals surface area contributed by atoms with Gasteiger partial charge in [-0.15, -0.1) is 0 Å². The number of hydrogen-bond acceptors (Lipinski definition) is 2. The second kappa shape index (κ2) is 5.04. The molecule has 1 rings (SSSR count). The summed E-state index contributed by atoms with van der Waals surface area (Å²) in [6.07, 6.45) is 1.08. The fourth-order valence-electron chi connectivity index (χ4n) is 1.90. The maximum absolute atomic E-state index is 13.4. The molecule has 3 N–H and O–H groups in total. The van der Waals surface area contributed by atoms with Crippen molar-refractivity contribution in [1.29, 1.82) is 0 Å². The zero-order chi connectivity index (χ0) is 13.2. The molecule has 94 valence electrons. The highest BCUT2D eigenvalue weighted by molar-refractivity contribution is 9.10. The molecule has 1 aromatic rings. The lowest BCUT2D eigenvalue weighted by Crippen LogP contribution is -2.33. The van der Waals surface area contributed by atoms with Crippen LogP contribution in [-0.4, -0.2) is 11.1 Å². The van der Waals surface area contributed by atoms with Gasteiger partial charge in [-0.2, -0.15) is 0 Å². The molecule has 17 heavy (non-hydrogen) atoms. The molecule has 5 heteroatoms. The number of carboxylic acids is 1. The van der Waals surface area contributed by atoms with Crippen molar-refractivity contribution in [1.82, 2.24) is 0 Å². The molecule has 0 aliphatic carbocycles. The fraction of sp³-hybridized carbons (Fsp3) is 0.417. The van der Waals surface area contributed by atoms with Gasteiger partial charge in [0.05, 0.1) is 11.1 Å². The van der Waals surface area contributed by atoms with Crippen molar-refractivity contribution in [2.24, 2.45) is 0 Å². The number of aliphatic carboxylic acids is 1. The molecule has 1 atom stereocenters. The summed E-state index contributed by atoms with van der Waals surface area (Å²) in [5.74, 6) is -1.49. The van der Waals surface area contributed by atoms with Gasteiger partial charge in [0.2, 0.25) is 0 Å². The zero-order valence-corrected chi connectivity index (χ0v) is 11.3. The van der Waals surface area contributed by atoms with Gasteiger partial charge in [-0.05, 0) is 47.0 Å². The van der Waals surface area contributed by atoms with E-state index in [0.29, 0.717) is 22.9 Å². The molecule has 0 bridgehead atoms. The van der Waals surface area contributed by atoms with Gasteiger partial charge in [0.15, 0.2) is 0 Å². The van der Waals surface area contributed by atoms with Crippen molar-refractivity contribution in [3.8, 4) is 0 Å². The third kappa shape index (κ3) is 2.60. The van der Waals surface area contributed by atoms with Crippen LogP contribution in [0.3, 0.4) is 0 Å². The van der Waals surface area contributed by atoms with Gasteiger partial charge in [0, 0.05) is 4.47 Å². The Labute approximate surface area is 108 Å². The smallest absolute Gasteiger partial charge is 0.313 e. The normalized spacial score (nSPS) is 14.4. The number of nitrogens with two attached hydrogens (primary N) is 1. The SMILES string of the molecule is CCCC(C)(C(=O)O)c1cc(F)cc(Br)c1N. The Bertz CT molecular complexity index is 450. The van der Waals surface area contributed by atoms with E-state index < -0.39 is 17.2 Å². The summed E-state index contributed by atoms with van der Waals surface area (Å²) in [7, 11) is 0. The molecule has 0 aromatic heterocycles. The second-order valence-electron chi connectivity index (χ2n) is 4.24. The van der Waals surface area contributed by atoms with Gasteiger partial charge < -0.3 is 10.8 Å². The Morgan fingerprint density at radius 1 is 1.59 bits per heavy atom. The van der Waals surface area contributed by atoms with Crippen molar-refractivity contribution >= 4 is 27.6 Å². The van der Waals surface area contributed by atoms with E-state index in [2.05, 4.69) is 15.9 Å². The van der Waals surface area contributed by atoms with Crippen LogP contribution in [0.4, 0.5) is 10.1 Å². The number of carboxylic acid groups (broad SMARTS) is 1. The lowest BCUT2D eigenvalue weighted by Gasteiger charge is -2.26. The van der Waals surface area contributed by atoms with E-state index in [-0.39, 0.29) is 5.69 Å². The maximum Gasteiger partial charge on any atom is 0.313 e. The van der Waals surface area contributed by atoms with Crippen molar-refractivity contribution in [2.45, 2.75) is 32.1 Å². The molecule has 0 amide bonds. The molecule has 0 radical (unpaired) electrons. The minimum atomic E-state index is -1.16. The Morgan fingerprint density at radius 3 is 2.65 bits per heavy atom. The molecule has 0 saturated heterocycles. The van der Waals surface area contributed by atoms with Crippen LogP contribution in [0, 0.1) is 5.82 Å². The van der Waals surface area contributed by atoms with Crippen LogP contribution in [0.25, 0.3) is 0 Å². The summed E-state index contributed by atoms with van der Waals surface area (Å²) in [4.78, 5) is 11.4. The van der Waals surface area contributed by atoms with E-state index in [4.69, 9.17) is 5.73 Å².